The second-order valence-electron chi connectivity index (χ2n) is 4.27. The van der Waals surface area contributed by atoms with Gasteiger partial charge >= 0.3 is 0 Å². The molecule has 0 bridgehead atoms. The first kappa shape index (κ1) is 12.1. The van der Waals surface area contributed by atoms with E-state index >= 15 is 0 Å². The number of benzene rings is 2. The molecule has 19 heavy (non-hydrogen) atoms. The average Bonchev–Trinajstić information content (AvgIpc) is 2.88. The highest BCUT2D eigenvalue weighted by molar-refractivity contribution is 9.10. The monoisotopic (exact) mass is 313 g/mol. The Balaban J connectivity index is 1.93. The zero-order valence-electron chi connectivity index (χ0n) is 10.2. The van der Waals surface area contributed by atoms with E-state index in [1.165, 1.54) is 5.56 Å². The summed E-state index contributed by atoms with van der Waals surface area (Å²) in [4.78, 5) is 0. The van der Waals surface area contributed by atoms with Crippen molar-refractivity contribution in [3.8, 4) is 11.3 Å². The van der Waals surface area contributed by atoms with Crippen molar-refractivity contribution in [2.24, 2.45) is 0 Å². The van der Waals surface area contributed by atoms with Crippen LogP contribution in [0.5, 0.6) is 0 Å². The van der Waals surface area contributed by atoms with Gasteiger partial charge in [0.25, 0.3) is 0 Å². The first-order valence-corrected chi connectivity index (χ1v) is 6.80. The van der Waals surface area contributed by atoms with Crippen molar-refractivity contribution >= 4 is 15.9 Å². The van der Waals surface area contributed by atoms with Crippen LogP contribution in [0.2, 0.25) is 0 Å². The van der Waals surface area contributed by atoms with Crippen LogP contribution in [0, 0.1) is 0 Å². The van der Waals surface area contributed by atoms with Gasteiger partial charge in [0.1, 0.15) is 0 Å². The van der Waals surface area contributed by atoms with Gasteiger partial charge in [0.15, 0.2) is 0 Å². The van der Waals surface area contributed by atoms with Gasteiger partial charge in [-0.15, -0.1) is 5.10 Å². The van der Waals surface area contributed by atoms with Crippen molar-refractivity contribution in [1.29, 1.82) is 0 Å². The molecule has 94 valence electrons. The number of halogens is 1. The minimum atomic E-state index is 0.712. The molecule has 0 aliphatic rings. The molecule has 0 amide bonds. The van der Waals surface area contributed by atoms with Crippen LogP contribution in [0.15, 0.2) is 65.3 Å². The molecule has 0 radical (unpaired) electrons. The lowest BCUT2D eigenvalue weighted by Gasteiger charge is -2.06. The van der Waals surface area contributed by atoms with Gasteiger partial charge in [0, 0.05) is 10.0 Å². The van der Waals surface area contributed by atoms with Gasteiger partial charge in [0.2, 0.25) is 0 Å². The van der Waals surface area contributed by atoms with Gasteiger partial charge in [-0.05, 0) is 17.7 Å². The first-order chi connectivity index (χ1) is 9.33. The van der Waals surface area contributed by atoms with Crippen LogP contribution in [-0.4, -0.2) is 15.0 Å². The van der Waals surface area contributed by atoms with Gasteiger partial charge in [-0.1, -0.05) is 63.6 Å². The van der Waals surface area contributed by atoms with Crippen LogP contribution in [0.1, 0.15) is 5.56 Å². The molecule has 0 unspecified atom stereocenters. The normalized spacial score (nSPS) is 10.6. The van der Waals surface area contributed by atoms with Crippen molar-refractivity contribution in [3.63, 3.8) is 0 Å². The summed E-state index contributed by atoms with van der Waals surface area (Å²) in [5, 5.41) is 8.19. The summed E-state index contributed by atoms with van der Waals surface area (Å²) in [5.41, 5.74) is 3.35. The maximum absolute atomic E-state index is 4.17. The number of aromatic nitrogens is 3. The zero-order chi connectivity index (χ0) is 13.1. The predicted octanol–water partition coefficient (Wildman–Crippen LogP) is 3.76. The predicted molar refractivity (Wildman–Crippen MR) is 78.7 cm³/mol. The maximum Gasteiger partial charge on any atom is 0.0889 e. The quantitative estimate of drug-likeness (QED) is 0.737. The molecule has 4 heteroatoms. The Morgan fingerprint density at radius 3 is 2.63 bits per heavy atom. The summed E-state index contributed by atoms with van der Waals surface area (Å²) in [6.07, 6.45) is 1.80. The lowest BCUT2D eigenvalue weighted by Crippen LogP contribution is -2.03. The fourth-order valence-corrected chi connectivity index (χ4v) is 2.46. The van der Waals surface area contributed by atoms with E-state index in [-0.39, 0.29) is 0 Å². The Labute approximate surface area is 120 Å². The second kappa shape index (κ2) is 5.36. The van der Waals surface area contributed by atoms with E-state index in [1.807, 2.05) is 35.0 Å². The summed E-state index contributed by atoms with van der Waals surface area (Å²) in [5.74, 6) is 0. The molecule has 1 heterocycles. The van der Waals surface area contributed by atoms with E-state index < -0.39 is 0 Å². The standard InChI is InChI=1S/C15H12BrN3/c16-14-8-4-5-12(9-14)11-19-15(10-17-18-19)13-6-2-1-3-7-13/h1-10H,11H2. The molecular weight excluding hydrogens is 302 g/mol. The molecule has 0 saturated heterocycles. The Kier molecular flexibility index (Phi) is 3.42. The Morgan fingerprint density at radius 1 is 1.00 bits per heavy atom. The summed E-state index contributed by atoms with van der Waals surface area (Å²) in [7, 11) is 0. The van der Waals surface area contributed by atoms with Crippen LogP contribution in [-0.2, 0) is 6.54 Å². The highest BCUT2D eigenvalue weighted by atomic mass is 79.9. The van der Waals surface area contributed by atoms with Crippen LogP contribution in [0.25, 0.3) is 11.3 Å². The molecule has 0 aliphatic carbocycles. The van der Waals surface area contributed by atoms with Gasteiger partial charge in [-0.2, -0.15) is 0 Å². The zero-order valence-corrected chi connectivity index (χ0v) is 11.8. The number of hydrogen-bond donors (Lipinski definition) is 0. The number of hydrogen-bond acceptors (Lipinski definition) is 2. The molecule has 1 aromatic heterocycles. The highest BCUT2D eigenvalue weighted by Gasteiger charge is 2.06. The fourth-order valence-electron chi connectivity index (χ4n) is 2.02. The summed E-state index contributed by atoms with van der Waals surface area (Å²) in [6.45, 7) is 0.712. The molecular formula is C15H12BrN3. The third-order valence-electron chi connectivity index (χ3n) is 2.91. The molecule has 0 atom stereocenters. The Morgan fingerprint density at radius 2 is 1.84 bits per heavy atom. The summed E-state index contributed by atoms with van der Waals surface area (Å²) in [6, 6.07) is 18.4. The number of rotatable bonds is 3. The summed E-state index contributed by atoms with van der Waals surface area (Å²) < 4.78 is 2.99. The molecule has 3 nitrogen and oxygen atoms in total. The molecule has 0 N–H and O–H groups in total. The van der Waals surface area contributed by atoms with Crippen molar-refractivity contribution < 1.29 is 0 Å². The van der Waals surface area contributed by atoms with Crippen LogP contribution in [0.4, 0.5) is 0 Å². The minimum absolute atomic E-state index is 0.712. The smallest absolute Gasteiger partial charge is 0.0889 e. The van der Waals surface area contributed by atoms with E-state index in [2.05, 4.69) is 50.5 Å². The Bertz CT molecular complexity index is 677. The first-order valence-electron chi connectivity index (χ1n) is 6.01. The van der Waals surface area contributed by atoms with E-state index in [4.69, 9.17) is 0 Å². The van der Waals surface area contributed by atoms with E-state index in [1.54, 1.807) is 6.20 Å². The molecule has 3 aromatic rings. The molecule has 0 aliphatic heterocycles. The molecule has 2 aromatic carbocycles. The highest BCUT2D eigenvalue weighted by Crippen LogP contribution is 2.19. The largest absolute Gasteiger partial charge is 0.240 e. The van der Waals surface area contributed by atoms with Crippen LogP contribution in [0.3, 0.4) is 0 Å². The van der Waals surface area contributed by atoms with Gasteiger partial charge in [-0.3, -0.25) is 0 Å². The molecule has 0 saturated carbocycles. The Hall–Kier alpha value is -1.94. The van der Waals surface area contributed by atoms with Crippen molar-refractivity contribution in [1.82, 2.24) is 15.0 Å². The maximum atomic E-state index is 4.17. The number of nitrogens with zero attached hydrogens (tertiary/aromatic N) is 3. The molecule has 0 fully saturated rings. The van der Waals surface area contributed by atoms with Crippen molar-refractivity contribution in [3.05, 3.63) is 70.8 Å². The third-order valence-corrected chi connectivity index (χ3v) is 3.40. The van der Waals surface area contributed by atoms with Gasteiger partial charge < -0.3 is 0 Å². The van der Waals surface area contributed by atoms with Crippen molar-refractivity contribution in [2.75, 3.05) is 0 Å². The second-order valence-corrected chi connectivity index (χ2v) is 5.19. The van der Waals surface area contributed by atoms with Crippen molar-refractivity contribution in [2.45, 2.75) is 6.54 Å². The fraction of sp³-hybridized carbons (Fsp3) is 0.0667. The van der Waals surface area contributed by atoms with Crippen LogP contribution < -0.4 is 0 Å². The minimum Gasteiger partial charge on any atom is -0.240 e. The molecule has 0 spiro atoms. The average molecular weight is 314 g/mol. The topological polar surface area (TPSA) is 30.7 Å². The van der Waals surface area contributed by atoms with Gasteiger partial charge in [0.05, 0.1) is 18.4 Å². The molecule has 3 rings (SSSR count). The lowest BCUT2D eigenvalue weighted by atomic mass is 10.1. The lowest BCUT2D eigenvalue weighted by molar-refractivity contribution is 0.655. The SMILES string of the molecule is Brc1cccc(Cn2nncc2-c2ccccc2)c1. The van der Waals surface area contributed by atoms with E-state index in [0.29, 0.717) is 6.54 Å². The third kappa shape index (κ3) is 2.74. The summed E-state index contributed by atoms with van der Waals surface area (Å²) >= 11 is 3.48. The van der Waals surface area contributed by atoms with Gasteiger partial charge in [-0.25, -0.2) is 4.68 Å². The van der Waals surface area contributed by atoms with E-state index in [9.17, 15) is 0 Å². The van der Waals surface area contributed by atoms with E-state index in [0.717, 1.165) is 15.7 Å². The van der Waals surface area contributed by atoms with Crippen LogP contribution >= 0.6 is 15.9 Å².